The van der Waals surface area contributed by atoms with Crippen LogP contribution in [0.4, 0.5) is 8.78 Å². The first kappa shape index (κ1) is 14.8. The minimum absolute atomic E-state index is 0.0606. The van der Waals surface area contributed by atoms with Crippen molar-refractivity contribution in [1.82, 2.24) is 5.32 Å². The molecule has 1 N–H and O–H groups in total. The second-order valence-corrected chi connectivity index (χ2v) is 6.73. The van der Waals surface area contributed by atoms with Gasteiger partial charge in [-0.1, -0.05) is 13.0 Å². The molecule has 1 nitrogen and oxygen atoms in total. The molecule has 2 rings (SSSR count). The fraction of sp³-hybridized carbons (Fsp3) is 0.600. The molecular formula is C15H21F2NS. The van der Waals surface area contributed by atoms with Crippen LogP contribution in [0, 0.1) is 11.6 Å². The highest BCUT2D eigenvalue weighted by atomic mass is 32.2. The molecule has 0 aromatic heterocycles. The third-order valence-electron chi connectivity index (χ3n) is 3.72. The van der Waals surface area contributed by atoms with E-state index in [9.17, 15) is 8.78 Å². The number of hydrogen-bond acceptors (Lipinski definition) is 2. The zero-order chi connectivity index (χ0) is 13.8. The van der Waals surface area contributed by atoms with Crippen LogP contribution in [0.5, 0.6) is 0 Å². The predicted octanol–water partition coefficient (Wildman–Crippen LogP) is 4.29. The first-order chi connectivity index (χ1) is 9.10. The van der Waals surface area contributed by atoms with Crippen molar-refractivity contribution in [2.24, 2.45) is 0 Å². The quantitative estimate of drug-likeness (QED) is 0.866. The maximum atomic E-state index is 13.2. The van der Waals surface area contributed by atoms with Gasteiger partial charge in [0.05, 0.1) is 0 Å². The average molecular weight is 285 g/mol. The van der Waals surface area contributed by atoms with Crippen molar-refractivity contribution in [3.05, 3.63) is 35.4 Å². The Morgan fingerprint density at radius 2 is 2.11 bits per heavy atom. The second kappa shape index (κ2) is 6.71. The van der Waals surface area contributed by atoms with Crippen LogP contribution in [0.25, 0.3) is 0 Å². The Hall–Kier alpha value is -0.610. The number of thioether (sulfide) groups is 1. The Bertz CT molecular complexity index is 425. The summed E-state index contributed by atoms with van der Waals surface area (Å²) in [6, 6.07) is 4.70. The van der Waals surface area contributed by atoms with Crippen LogP contribution in [-0.2, 0) is 0 Å². The number of nitrogens with one attached hydrogen (secondary N) is 1. The minimum atomic E-state index is -0.781. The van der Waals surface area contributed by atoms with Gasteiger partial charge in [-0.05, 0) is 49.6 Å². The number of benzene rings is 1. The van der Waals surface area contributed by atoms with E-state index in [1.54, 1.807) is 6.07 Å². The predicted molar refractivity (Wildman–Crippen MR) is 77.5 cm³/mol. The van der Waals surface area contributed by atoms with Gasteiger partial charge in [0, 0.05) is 17.3 Å². The highest BCUT2D eigenvalue weighted by molar-refractivity contribution is 7.99. The highest BCUT2D eigenvalue weighted by Crippen LogP contribution is 2.31. The average Bonchev–Trinajstić information content (AvgIpc) is 2.80. The lowest BCUT2D eigenvalue weighted by Gasteiger charge is -2.20. The van der Waals surface area contributed by atoms with Crippen LogP contribution >= 0.6 is 11.8 Å². The molecule has 0 heterocycles. The van der Waals surface area contributed by atoms with Crippen LogP contribution in [0.15, 0.2) is 18.2 Å². The zero-order valence-electron chi connectivity index (χ0n) is 11.5. The lowest BCUT2D eigenvalue weighted by Crippen LogP contribution is -2.29. The molecule has 3 atom stereocenters. The van der Waals surface area contributed by atoms with Crippen molar-refractivity contribution in [3.63, 3.8) is 0 Å². The van der Waals surface area contributed by atoms with Gasteiger partial charge in [0.15, 0.2) is 11.6 Å². The van der Waals surface area contributed by atoms with Crippen molar-refractivity contribution in [3.8, 4) is 0 Å². The number of rotatable bonds is 5. The maximum Gasteiger partial charge on any atom is 0.159 e. The summed E-state index contributed by atoms with van der Waals surface area (Å²) in [5, 5.41) is 4.28. The van der Waals surface area contributed by atoms with E-state index < -0.39 is 11.6 Å². The van der Waals surface area contributed by atoms with Crippen molar-refractivity contribution in [2.45, 2.75) is 50.4 Å². The highest BCUT2D eigenvalue weighted by Gasteiger charge is 2.25. The summed E-state index contributed by atoms with van der Waals surface area (Å²) in [7, 11) is 0. The number of halogens is 2. The summed E-state index contributed by atoms with van der Waals surface area (Å²) in [5.74, 6) is -0.385. The standard InChI is InChI=1S/C15H21F2NS/c1-3-19-13-6-5-12(9-13)18-10(2)11-4-7-14(16)15(17)8-11/h4,7-8,10,12-13,18H,3,5-6,9H2,1-2H3. The summed E-state index contributed by atoms with van der Waals surface area (Å²) in [5.41, 5.74) is 0.811. The van der Waals surface area contributed by atoms with Crippen molar-refractivity contribution in [1.29, 1.82) is 0 Å². The third kappa shape index (κ3) is 3.93. The first-order valence-electron chi connectivity index (χ1n) is 6.92. The fourth-order valence-electron chi connectivity index (χ4n) is 2.71. The van der Waals surface area contributed by atoms with Gasteiger partial charge in [0.2, 0.25) is 0 Å². The van der Waals surface area contributed by atoms with Crippen molar-refractivity contribution >= 4 is 11.8 Å². The SMILES string of the molecule is CCSC1CCC(NC(C)c2ccc(F)c(F)c2)C1. The topological polar surface area (TPSA) is 12.0 Å². The lowest BCUT2D eigenvalue weighted by molar-refractivity contribution is 0.456. The van der Waals surface area contributed by atoms with E-state index >= 15 is 0 Å². The maximum absolute atomic E-state index is 13.2. The summed E-state index contributed by atoms with van der Waals surface area (Å²) in [6.45, 7) is 4.20. The van der Waals surface area contributed by atoms with Gasteiger partial charge < -0.3 is 5.32 Å². The molecule has 106 valence electrons. The fourth-order valence-corrected chi connectivity index (χ4v) is 3.85. The van der Waals surface area contributed by atoms with Gasteiger partial charge in [-0.25, -0.2) is 8.78 Å². The van der Waals surface area contributed by atoms with Gasteiger partial charge in [-0.15, -0.1) is 0 Å². The van der Waals surface area contributed by atoms with Gasteiger partial charge in [0.1, 0.15) is 0 Å². The number of hydrogen-bond donors (Lipinski definition) is 1. The Morgan fingerprint density at radius 1 is 1.32 bits per heavy atom. The molecule has 19 heavy (non-hydrogen) atoms. The molecule has 0 saturated heterocycles. The smallest absolute Gasteiger partial charge is 0.159 e. The molecule has 4 heteroatoms. The normalized spacial score (nSPS) is 24.6. The molecule has 0 spiro atoms. The van der Waals surface area contributed by atoms with E-state index in [0.29, 0.717) is 6.04 Å². The Kier molecular flexibility index (Phi) is 5.22. The van der Waals surface area contributed by atoms with E-state index in [-0.39, 0.29) is 6.04 Å². The van der Waals surface area contributed by atoms with Gasteiger partial charge in [-0.3, -0.25) is 0 Å². The molecule has 1 saturated carbocycles. The largest absolute Gasteiger partial charge is 0.307 e. The van der Waals surface area contributed by atoms with E-state index in [2.05, 4.69) is 12.2 Å². The summed E-state index contributed by atoms with van der Waals surface area (Å²) < 4.78 is 26.1. The first-order valence-corrected chi connectivity index (χ1v) is 7.97. The molecule has 0 radical (unpaired) electrons. The molecule has 1 aromatic rings. The lowest BCUT2D eigenvalue weighted by atomic mass is 10.1. The zero-order valence-corrected chi connectivity index (χ0v) is 12.3. The molecule has 3 unspecified atom stereocenters. The minimum Gasteiger partial charge on any atom is -0.307 e. The third-order valence-corrected chi connectivity index (χ3v) is 4.95. The van der Waals surface area contributed by atoms with Crippen LogP contribution in [0.2, 0.25) is 0 Å². The molecule has 1 aromatic carbocycles. The van der Waals surface area contributed by atoms with Gasteiger partial charge >= 0.3 is 0 Å². The van der Waals surface area contributed by atoms with E-state index in [1.165, 1.54) is 31.4 Å². The van der Waals surface area contributed by atoms with Crippen molar-refractivity contribution in [2.75, 3.05) is 5.75 Å². The molecule has 0 bridgehead atoms. The van der Waals surface area contributed by atoms with E-state index in [4.69, 9.17) is 0 Å². The molecule has 0 amide bonds. The molecule has 1 fully saturated rings. The van der Waals surface area contributed by atoms with E-state index in [1.807, 2.05) is 18.7 Å². The summed E-state index contributed by atoms with van der Waals surface area (Å²) >= 11 is 2.02. The monoisotopic (exact) mass is 285 g/mol. The Labute approximate surface area is 118 Å². The Balaban J connectivity index is 1.90. The Morgan fingerprint density at radius 3 is 2.79 bits per heavy atom. The van der Waals surface area contributed by atoms with Gasteiger partial charge in [-0.2, -0.15) is 11.8 Å². The molecule has 0 aliphatic heterocycles. The van der Waals surface area contributed by atoms with Crippen LogP contribution < -0.4 is 5.32 Å². The molecule has 1 aliphatic carbocycles. The van der Waals surface area contributed by atoms with Crippen LogP contribution in [0.1, 0.15) is 44.7 Å². The summed E-state index contributed by atoms with van der Waals surface area (Å²) in [6.07, 6.45) is 3.60. The van der Waals surface area contributed by atoms with Crippen molar-refractivity contribution < 1.29 is 8.78 Å². The van der Waals surface area contributed by atoms with Crippen LogP contribution in [0.3, 0.4) is 0 Å². The van der Waals surface area contributed by atoms with E-state index in [0.717, 1.165) is 16.6 Å². The molecular weight excluding hydrogens is 264 g/mol. The second-order valence-electron chi connectivity index (χ2n) is 5.15. The van der Waals surface area contributed by atoms with Crippen LogP contribution in [-0.4, -0.2) is 17.0 Å². The van der Waals surface area contributed by atoms with Gasteiger partial charge in [0.25, 0.3) is 0 Å². The summed E-state index contributed by atoms with van der Waals surface area (Å²) in [4.78, 5) is 0. The molecule has 1 aliphatic rings.